The maximum atomic E-state index is 12.6. The number of amides is 3. The predicted octanol–water partition coefficient (Wildman–Crippen LogP) is 1.70. The quantitative estimate of drug-likeness (QED) is 0.607. The molecule has 29 heavy (non-hydrogen) atoms. The van der Waals surface area contributed by atoms with Crippen LogP contribution in [0.15, 0.2) is 41.2 Å². The van der Waals surface area contributed by atoms with Crippen molar-refractivity contribution in [1.82, 2.24) is 24.8 Å². The zero-order chi connectivity index (χ0) is 20.5. The number of aliphatic hydroxyl groups excluding tert-OH is 1. The summed E-state index contributed by atoms with van der Waals surface area (Å²) in [6.45, 7) is -0.223. The van der Waals surface area contributed by atoms with Crippen LogP contribution >= 0.6 is 11.6 Å². The van der Waals surface area contributed by atoms with Gasteiger partial charge in [0.2, 0.25) is 5.89 Å². The number of aryl methyl sites for hydroxylation is 1. The second kappa shape index (κ2) is 7.64. The summed E-state index contributed by atoms with van der Waals surface area (Å²) in [5.74, 6) is 0.00325. The summed E-state index contributed by atoms with van der Waals surface area (Å²) in [7, 11) is 1.72. The van der Waals surface area contributed by atoms with E-state index >= 15 is 0 Å². The number of carbonyl (C=O) groups excluding carboxylic acids is 2. The molecule has 3 heterocycles. The highest BCUT2D eigenvalue weighted by atomic mass is 35.5. The molecule has 10 nitrogen and oxygen atoms in total. The Labute approximate surface area is 170 Å². The molecular formula is C18H17ClN6O4. The van der Waals surface area contributed by atoms with Gasteiger partial charge in [-0.25, -0.2) is 4.79 Å². The lowest BCUT2D eigenvalue weighted by Gasteiger charge is -2.13. The van der Waals surface area contributed by atoms with Gasteiger partial charge in [-0.05, 0) is 17.7 Å². The number of hydrogen-bond acceptors (Lipinski definition) is 7. The summed E-state index contributed by atoms with van der Waals surface area (Å²) < 4.78 is 6.70. The number of halogens is 1. The highest BCUT2D eigenvalue weighted by Crippen LogP contribution is 2.22. The van der Waals surface area contributed by atoms with Crippen LogP contribution in [0.25, 0.3) is 0 Å². The van der Waals surface area contributed by atoms with Gasteiger partial charge in [0.1, 0.15) is 13.1 Å². The Balaban J connectivity index is 1.41. The van der Waals surface area contributed by atoms with Crippen LogP contribution in [0.5, 0.6) is 0 Å². The molecule has 0 radical (unpaired) electrons. The van der Waals surface area contributed by atoms with Crippen LogP contribution < -0.4 is 4.90 Å². The summed E-state index contributed by atoms with van der Waals surface area (Å²) in [4.78, 5) is 31.4. The Hall–Kier alpha value is -3.24. The van der Waals surface area contributed by atoms with Crippen molar-refractivity contribution in [2.24, 2.45) is 7.05 Å². The fraction of sp³-hybridized carbons (Fsp3) is 0.278. The maximum absolute atomic E-state index is 12.6. The van der Waals surface area contributed by atoms with Gasteiger partial charge in [-0.1, -0.05) is 28.9 Å². The number of carbonyl (C=O) groups is 2. The zero-order valence-corrected chi connectivity index (χ0v) is 16.2. The van der Waals surface area contributed by atoms with E-state index in [2.05, 4.69) is 15.2 Å². The molecule has 3 aromatic rings. The van der Waals surface area contributed by atoms with Gasteiger partial charge in [0.15, 0.2) is 5.82 Å². The van der Waals surface area contributed by atoms with Gasteiger partial charge in [-0.2, -0.15) is 10.1 Å². The van der Waals surface area contributed by atoms with Crippen molar-refractivity contribution in [3.05, 3.63) is 59.0 Å². The third-order valence-corrected chi connectivity index (χ3v) is 4.75. The van der Waals surface area contributed by atoms with E-state index in [-0.39, 0.29) is 37.1 Å². The Kier molecular flexibility index (Phi) is 5.03. The molecule has 1 atom stereocenters. The fourth-order valence-electron chi connectivity index (χ4n) is 2.99. The number of urea groups is 1. The monoisotopic (exact) mass is 416 g/mol. The minimum atomic E-state index is -0.839. The predicted molar refractivity (Wildman–Crippen MR) is 101 cm³/mol. The Morgan fingerprint density at radius 3 is 2.72 bits per heavy atom. The molecule has 4 rings (SSSR count). The number of imide groups is 1. The van der Waals surface area contributed by atoms with Crippen molar-refractivity contribution in [2.45, 2.75) is 19.1 Å². The molecule has 1 aliphatic rings. The molecule has 0 bridgehead atoms. The van der Waals surface area contributed by atoms with Crippen LogP contribution in [0.2, 0.25) is 5.02 Å². The summed E-state index contributed by atoms with van der Waals surface area (Å²) >= 11 is 5.85. The van der Waals surface area contributed by atoms with Gasteiger partial charge < -0.3 is 9.63 Å². The average molecular weight is 417 g/mol. The Morgan fingerprint density at radius 2 is 2.03 bits per heavy atom. The van der Waals surface area contributed by atoms with Crippen molar-refractivity contribution in [2.75, 3.05) is 11.4 Å². The van der Waals surface area contributed by atoms with Crippen molar-refractivity contribution in [3.63, 3.8) is 0 Å². The number of hydrogen-bond donors (Lipinski definition) is 1. The molecule has 0 aliphatic carbocycles. The topological polar surface area (TPSA) is 118 Å². The molecule has 2 aromatic heterocycles. The molecule has 0 unspecified atom stereocenters. The van der Waals surface area contributed by atoms with Gasteiger partial charge in [-0.3, -0.25) is 19.3 Å². The number of aliphatic hydroxyl groups is 1. The minimum Gasteiger partial charge on any atom is -0.388 e. The standard InChI is InChI=1S/C18H17ClN6O4/c1-23-8-13(7-20-23)24-10-17(27)25(18(24)28)9-16-21-15(22-29-16)6-14(26)11-2-4-12(19)5-3-11/h2-5,7-8,14,26H,6,9-10H2,1H3/t14-/m0/s1. The van der Waals surface area contributed by atoms with Crippen LogP contribution in [0, 0.1) is 0 Å². The number of nitrogens with zero attached hydrogens (tertiary/aromatic N) is 6. The normalized spacial score (nSPS) is 15.4. The Morgan fingerprint density at radius 1 is 1.28 bits per heavy atom. The summed E-state index contributed by atoms with van der Waals surface area (Å²) in [6, 6.07) is 6.30. The van der Waals surface area contributed by atoms with Crippen LogP contribution in [-0.4, -0.2) is 48.4 Å². The molecule has 1 fully saturated rings. The first-order valence-electron chi connectivity index (χ1n) is 8.76. The van der Waals surface area contributed by atoms with Gasteiger partial charge in [-0.15, -0.1) is 0 Å². The molecule has 1 saturated heterocycles. The van der Waals surface area contributed by atoms with E-state index < -0.39 is 12.1 Å². The summed E-state index contributed by atoms with van der Waals surface area (Å²) in [6.07, 6.45) is 2.44. The smallest absolute Gasteiger partial charge is 0.332 e. The number of anilines is 1. The third kappa shape index (κ3) is 3.98. The molecule has 150 valence electrons. The second-order valence-electron chi connectivity index (χ2n) is 6.60. The number of benzene rings is 1. The van der Waals surface area contributed by atoms with E-state index in [1.807, 2.05) is 0 Å². The summed E-state index contributed by atoms with van der Waals surface area (Å²) in [5, 5.41) is 18.7. The highest BCUT2D eigenvalue weighted by Gasteiger charge is 2.38. The second-order valence-corrected chi connectivity index (χ2v) is 7.03. The molecule has 0 saturated carbocycles. The number of aromatic nitrogens is 4. The first-order valence-corrected chi connectivity index (χ1v) is 9.14. The Bertz CT molecular complexity index is 1050. The molecule has 1 aliphatic heterocycles. The third-order valence-electron chi connectivity index (χ3n) is 4.49. The fourth-order valence-corrected chi connectivity index (χ4v) is 3.12. The van der Waals surface area contributed by atoms with Gasteiger partial charge in [0.05, 0.1) is 18.0 Å². The molecular weight excluding hydrogens is 400 g/mol. The van der Waals surface area contributed by atoms with Gasteiger partial charge in [0.25, 0.3) is 5.91 Å². The van der Waals surface area contributed by atoms with Crippen LogP contribution in [0.4, 0.5) is 10.5 Å². The average Bonchev–Trinajstić information content (AvgIpc) is 3.38. The van der Waals surface area contributed by atoms with E-state index in [9.17, 15) is 14.7 Å². The van der Waals surface area contributed by atoms with E-state index in [0.29, 0.717) is 16.3 Å². The SMILES string of the molecule is Cn1cc(N2CC(=O)N(Cc3nc(C[C@H](O)c4ccc(Cl)cc4)no3)C2=O)cn1. The highest BCUT2D eigenvalue weighted by molar-refractivity contribution is 6.30. The largest absolute Gasteiger partial charge is 0.388 e. The molecule has 1 N–H and O–H groups in total. The first kappa shape index (κ1) is 19.1. The lowest BCUT2D eigenvalue weighted by atomic mass is 10.1. The lowest BCUT2D eigenvalue weighted by molar-refractivity contribution is -0.125. The van der Waals surface area contributed by atoms with Gasteiger partial charge >= 0.3 is 6.03 Å². The van der Waals surface area contributed by atoms with Crippen LogP contribution in [0.3, 0.4) is 0 Å². The van der Waals surface area contributed by atoms with E-state index in [1.165, 1.54) is 11.1 Å². The molecule has 11 heteroatoms. The number of rotatable bonds is 6. The van der Waals surface area contributed by atoms with Crippen LogP contribution in [0.1, 0.15) is 23.4 Å². The summed E-state index contributed by atoms with van der Waals surface area (Å²) in [5.41, 5.74) is 1.20. The van der Waals surface area contributed by atoms with E-state index in [0.717, 1.165) is 4.90 Å². The minimum absolute atomic E-state index is 0.0825. The zero-order valence-electron chi connectivity index (χ0n) is 15.4. The van der Waals surface area contributed by atoms with Crippen molar-refractivity contribution in [3.8, 4) is 0 Å². The first-order chi connectivity index (χ1) is 13.9. The van der Waals surface area contributed by atoms with Crippen molar-refractivity contribution >= 4 is 29.2 Å². The van der Waals surface area contributed by atoms with Crippen molar-refractivity contribution in [1.29, 1.82) is 0 Å². The lowest BCUT2D eigenvalue weighted by Crippen LogP contribution is -2.32. The molecule has 1 aromatic carbocycles. The van der Waals surface area contributed by atoms with Crippen molar-refractivity contribution < 1.29 is 19.2 Å². The van der Waals surface area contributed by atoms with Crippen LogP contribution in [-0.2, 0) is 24.8 Å². The molecule has 3 amide bonds. The van der Waals surface area contributed by atoms with E-state index in [4.69, 9.17) is 16.1 Å². The molecule has 0 spiro atoms. The van der Waals surface area contributed by atoms with E-state index in [1.54, 1.807) is 42.2 Å². The maximum Gasteiger partial charge on any atom is 0.332 e. The van der Waals surface area contributed by atoms with Gasteiger partial charge in [0, 0.05) is 24.7 Å².